The first kappa shape index (κ1) is 33.1. The molecule has 1 aromatic carbocycles. The molecule has 0 spiro atoms. The second-order valence-electron chi connectivity index (χ2n) is 10.2. The van der Waals surface area contributed by atoms with Crippen LogP contribution in [0.15, 0.2) is 18.2 Å². The van der Waals surface area contributed by atoms with Gasteiger partial charge in [0, 0.05) is 25.8 Å². The molecule has 1 rings (SSSR count). The highest BCUT2D eigenvalue weighted by atomic mass is 16.6. The van der Waals surface area contributed by atoms with Crippen molar-refractivity contribution in [3.05, 3.63) is 23.8 Å². The largest absolute Gasteiger partial charge is 0.468 e. The Balaban J connectivity index is 3.02. The second-order valence-corrected chi connectivity index (χ2v) is 10.2. The minimum atomic E-state index is -0.730. The molecule has 2 unspecified atom stereocenters. The number of methoxy groups -OCH3 is 1. The maximum atomic E-state index is 12.5. The smallest absolute Gasteiger partial charge is 0.323 e. The van der Waals surface area contributed by atoms with Crippen LogP contribution in [0.5, 0.6) is 11.5 Å². The van der Waals surface area contributed by atoms with Crippen LogP contribution < -0.4 is 14.8 Å². The molecule has 0 saturated carbocycles. The number of hydrogen-bond donors (Lipinski definition) is 1. The molecule has 9 heteroatoms. The number of hydrogen-bond acceptors (Lipinski definition) is 9. The number of esters is 4. The topological polar surface area (TPSA) is 117 Å². The lowest BCUT2D eigenvalue weighted by Gasteiger charge is -2.18. The van der Waals surface area contributed by atoms with Gasteiger partial charge in [-0.25, -0.2) is 0 Å². The second kappa shape index (κ2) is 17.5. The zero-order chi connectivity index (χ0) is 28.7. The predicted molar refractivity (Wildman–Crippen MR) is 144 cm³/mol. The van der Waals surface area contributed by atoms with Crippen LogP contribution in [0, 0.1) is 17.8 Å². The lowest BCUT2D eigenvalue weighted by molar-refractivity contribution is -0.144. The van der Waals surface area contributed by atoms with E-state index in [0.717, 1.165) is 12.8 Å². The summed E-state index contributed by atoms with van der Waals surface area (Å²) in [5.41, 5.74) is 0.665. The molecule has 0 bridgehead atoms. The molecule has 0 fully saturated rings. The molecule has 1 N–H and O–H groups in total. The van der Waals surface area contributed by atoms with Crippen molar-refractivity contribution in [1.29, 1.82) is 0 Å². The third kappa shape index (κ3) is 13.0. The van der Waals surface area contributed by atoms with Gasteiger partial charge in [-0.3, -0.25) is 19.2 Å². The number of benzene rings is 1. The molecule has 9 nitrogen and oxygen atoms in total. The number of carbonyl (C=O) groups excluding carboxylic acids is 4. The van der Waals surface area contributed by atoms with Crippen molar-refractivity contribution in [2.75, 3.05) is 20.3 Å². The maximum absolute atomic E-state index is 12.5. The Morgan fingerprint density at radius 2 is 1.39 bits per heavy atom. The van der Waals surface area contributed by atoms with E-state index in [9.17, 15) is 19.2 Å². The molecular weight excluding hydrogens is 490 g/mol. The van der Waals surface area contributed by atoms with Crippen LogP contribution in [0.25, 0.3) is 0 Å². The lowest BCUT2D eigenvalue weighted by atomic mass is 10.0. The molecule has 0 radical (unpaired) electrons. The van der Waals surface area contributed by atoms with Crippen LogP contribution in [0.4, 0.5) is 0 Å². The average molecular weight is 536 g/mol. The van der Waals surface area contributed by atoms with E-state index in [0.29, 0.717) is 12.0 Å². The van der Waals surface area contributed by atoms with Crippen LogP contribution in [-0.2, 0) is 35.1 Å². The van der Waals surface area contributed by atoms with E-state index < -0.39 is 23.9 Å². The van der Waals surface area contributed by atoms with Crippen LogP contribution in [-0.4, -0.2) is 50.2 Å². The monoisotopic (exact) mass is 535 g/mol. The van der Waals surface area contributed by atoms with Crippen LogP contribution in [0.1, 0.15) is 79.2 Å². The van der Waals surface area contributed by atoms with E-state index in [1.807, 2.05) is 41.5 Å². The molecule has 0 aromatic heterocycles. The van der Waals surface area contributed by atoms with E-state index >= 15 is 0 Å². The van der Waals surface area contributed by atoms with Crippen LogP contribution in [0.2, 0.25) is 0 Å². The van der Waals surface area contributed by atoms with Gasteiger partial charge in [-0.2, -0.15) is 0 Å². The van der Waals surface area contributed by atoms with Crippen molar-refractivity contribution in [2.24, 2.45) is 17.8 Å². The van der Waals surface area contributed by atoms with E-state index in [1.54, 1.807) is 18.2 Å². The van der Waals surface area contributed by atoms with Gasteiger partial charge < -0.3 is 24.3 Å². The van der Waals surface area contributed by atoms with Crippen molar-refractivity contribution < 1.29 is 38.1 Å². The average Bonchev–Trinajstić information content (AvgIpc) is 2.85. The standard InChI is InChI=1S/C29H45NO8/c1-8-20(5)15-27(32)37-24-11-10-22(18-25(24)38-28(33)16-21(6)9-2)17-23(29(34)35-7)30-12-13-36-26(31)14-19(3)4/h10-11,18-21,23,30H,8-9,12-17H2,1-7H3/t20?,21?,23-/m0/s1. The summed E-state index contributed by atoms with van der Waals surface area (Å²) < 4.78 is 21.3. The maximum Gasteiger partial charge on any atom is 0.323 e. The van der Waals surface area contributed by atoms with Gasteiger partial charge in [-0.1, -0.05) is 60.5 Å². The van der Waals surface area contributed by atoms with Gasteiger partial charge in [0.05, 0.1) is 7.11 Å². The van der Waals surface area contributed by atoms with Crippen LogP contribution in [0.3, 0.4) is 0 Å². The van der Waals surface area contributed by atoms with Gasteiger partial charge in [0.2, 0.25) is 0 Å². The normalized spacial score (nSPS) is 13.4. The summed E-state index contributed by atoms with van der Waals surface area (Å²) in [5.74, 6) is -0.840. The van der Waals surface area contributed by atoms with E-state index in [4.69, 9.17) is 18.9 Å². The molecule has 3 atom stereocenters. The Morgan fingerprint density at radius 1 is 0.816 bits per heavy atom. The molecule has 0 heterocycles. The summed E-state index contributed by atoms with van der Waals surface area (Å²) in [6.45, 7) is 12.1. The molecule has 0 aliphatic rings. The molecule has 1 aromatic rings. The van der Waals surface area contributed by atoms with E-state index in [2.05, 4.69) is 5.32 Å². The first-order chi connectivity index (χ1) is 18.0. The zero-order valence-corrected chi connectivity index (χ0v) is 24.0. The first-order valence-corrected chi connectivity index (χ1v) is 13.5. The predicted octanol–water partition coefficient (Wildman–Crippen LogP) is 4.63. The highest BCUT2D eigenvalue weighted by molar-refractivity contribution is 5.77. The highest BCUT2D eigenvalue weighted by Crippen LogP contribution is 2.31. The minimum Gasteiger partial charge on any atom is -0.468 e. The Labute approximate surface area is 226 Å². The molecule has 38 heavy (non-hydrogen) atoms. The Morgan fingerprint density at radius 3 is 1.92 bits per heavy atom. The summed E-state index contributed by atoms with van der Waals surface area (Å²) in [7, 11) is 1.29. The van der Waals surface area contributed by atoms with Gasteiger partial charge in [0.1, 0.15) is 12.6 Å². The molecule has 0 aliphatic carbocycles. The minimum absolute atomic E-state index is 0.114. The summed E-state index contributed by atoms with van der Waals surface area (Å²) >= 11 is 0. The van der Waals surface area contributed by atoms with Crippen molar-refractivity contribution in [2.45, 2.75) is 86.1 Å². The lowest BCUT2D eigenvalue weighted by Crippen LogP contribution is -2.41. The summed E-state index contributed by atoms with van der Waals surface area (Å²) in [5, 5.41) is 3.05. The van der Waals surface area contributed by atoms with Gasteiger partial charge in [-0.15, -0.1) is 0 Å². The Hall–Kier alpha value is -2.94. The number of carbonyl (C=O) groups is 4. The molecule has 0 amide bonds. The molecule has 214 valence electrons. The first-order valence-electron chi connectivity index (χ1n) is 13.5. The summed E-state index contributed by atoms with van der Waals surface area (Å²) in [6.07, 6.45) is 2.67. The molecule has 0 saturated heterocycles. The summed E-state index contributed by atoms with van der Waals surface area (Å²) in [4.78, 5) is 49.1. The molecular formula is C29H45NO8. The fourth-order valence-electron chi connectivity index (χ4n) is 3.44. The number of nitrogens with one attached hydrogen (secondary N) is 1. The van der Waals surface area contributed by atoms with E-state index in [-0.39, 0.29) is 67.6 Å². The third-order valence-electron chi connectivity index (χ3n) is 6.14. The molecule has 0 aliphatic heterocycles. The van der Waals surface area contributed by atoms with Crippen molar-refractivity contribution in [3.63, 3.8) is 0 Å². The zero-order valence-electron chi connectivity index (χ0n) is 24.0. The summed E-state index contributed by atoms with van der Waals surface area (Å²) in [6, 6.07) is 4.14. The number of ether oxygens (including phenoxy) is 4. The van der Waals surface area contributed by atoms with Crippen molar-refractivity contribution >= 4 is 23.9 Å². The van der Waals surface area contributed by atoms with E-state index in [1.165, 1.54) is 7.11 Å². The Bertz CT molecular complexity index is 914. The Kier molecular flexibility index (Phi) is 15.3. The highest BCUT2D eigenvalue weighted by Gasteiger charge is 2.22. The SMILES string of the molecule is CCC(C)CC(=O)Oc1ccc(C[C@H](NCCOC(=O)CC(C)C)C(=O)OC)cc1OC(=O)CC(C)CC. The van der Waals surface area contributed by atoms with Gasteiger partial charge in [0.25, 0.3) is 0 Å². The van der Waals surface area contributed by atoms with Gasteiger partial charge >= 0.3 is 23.9 Å². The van der Waals surface area contributed by atoms with Crippen molar-refractivity contribution in [1.82, 2.24) is 5.32 Å². The third-order valence-corrected chi connectivity index (χ3v) is 6.14. The van der Waals surface area contributed by atoms with Gasteiger partial charge in [-0.05, 0) is 41.9 Å². The number of rotatable bonds is 17. The quantitative estimate of drug-likeness (QED) is 0.173. The fourth-order valence-corrected chi connectivity index (χ4v) is 3.44. The van der Waals surface area contributed by atoms with Crippen LogP contribution >= 0.6 is 0 Å². The van der Waals surface area contributed by atoms with Crippen molar-refractivity contribution in [3.8, 4) is 11.5 Å². The fraction of sp³-hybridized carbons (Fsp3) is 0.655. The van der Waals surface area contributed by atoms with Gasteiger partial charge in [0.15, 0.2) is 11.5 Å².